The van der Waals surface area contributed by atoms with Crippen LogP contribution in [0.15, 0.2) is 71.8 Å². The number of aromatic nitrogens is 1. The third kappa shape index (κ3) is 7.56. The summed E-state index contributed by atoms with van der Waals surface area (Å²) in [6, 6.07) is 13.7. The smallest absolute Gasteiger partial charge is 0.478 e. The fourth-order valence-corrected chi connectivity index (χ4v) is 4.82. The lowest BCUT2D eigenvalue weighted by molar-refractivity contribution is -0.192. The highest BCUT2D eigenvalue weighted by molar-refractivity contribution is 7.92. The van der Waals surface area contributed by atoms with Crippen LogP contribution >= 0.6 is 0 Å². The van der Waals surface area contributed by atoms with E-state index >= 15 is 0 Å². The second kappa shape index (κ2) is 12.2. The average Bonchev–Trinajstić information content (AvgIpc) is 2.89. The Hall–Kier alpha value is -4.46. The van der Waals surface area contributed by atoms with Crippen LogP contribution < -0.4 is 9.62 Å². The highest BCUT2D eigenvalue weighted by Crippen LogP contribution is 2.29. The van der Waals surface area contributed by atoms with Gasteiger partial charge in [0.05, 0.1) is 16.8 Å². The lowest BCUT2D eigenvalue weighted by atomic mass is 9.95. The number of nitrogens with one attached hydrogen (secondary N) is 1. The molecule has 0 aliphatic carbocycles. The Labute approximate surface area is 226 Å². The van der Waals surface area contributed by atoms with Gasteiger partial charge in [-0.25, -0.2) is 27.4 Å². The minimum atomic E-state index is -5.08. The molecule has 0 atom stereocenters. The number of halogens is 4. The molecule has 14 heteroatoms. The highest BCUT2D eigenvalue weighted by Gasteiger charge is 2.38. The number of carboxylic acid groups (broad SMARTS) is 2. The van der Waals surface area contributed by atoms with E-state index in [1.165, 1.54) is 29.0 Å². The number of carboxylic acids is 2. The summed E-state index contributed by atoms with van der Waals surface area (Å²) in [5.41, 5.74) is 3.45. The fourth-order valence-electron chi connectivity index (χ4n) is 3.79. The number of pyridine rings is 1. The van der Waals surface area contributed by atoms with E-state index < -0.39 is 34.0 Å². The van der Waals surface area contributed by atoms with Crippen LogP contribution in [0.3, 0.4) is 0 Å². The summed E-state index contributed by atoms with van der Waals surface area (Å²) in [7, 11) is -4.02. The van der Waals surface area contributed by atoms with Gasteiger partial charge in [0.2, 0.25) is 0 Å². The molecule has 3 aromatic rings. The van der Waals surface area contributed by atoms with Gasteiger partial charge in [-0.1, -0.05) is 30.3 Å². The van der Waals surface area contributed by atoms with Crippen LogP contribution in [0.2, 0.25) is 0 Å². The van der Waals surface area contributed by atoms with E-state index in [9.17, 15) is 35.9 Å². The first-order chi connectivity index (χ1) is 18.7. The second-order valence-electron chi connectivity index (χ2n) is 8.50. The number of hydrogen-bond donors (Lipinski definition) is 3. The van der Waals surface area contributed by atoms with E-state index in [1.807, 2.05) is 17.0 Å². The zero-order chi connectivity index (χ0) is 29.7. The van der Waals surface area contributed by atoms with Gasteiger partial charge < -0.3 is 15.1 Å². The van der Waals surface area contributed by atoms with Crippen molar-refractivity contribution >= 4 is 39.0 Å². The van der Waals surface area contributed by atoms with E-state index in [0.29, 0.717) is 13.1 Å². The van der Waals surface area contributed by atoms with Crippen molar-refractivity contribution in [2.75, 3.05) is 22.7 Å². The maximum absolute atomic E-state index is 13.1. The molecule has 3 N–H and O–H groups in total. The third-order valence-electron chi connectivity index (χ3n) is 5.72. The van der Waals surface area contributed by atoms with Crippen LogP contribution in [-0.2, 0) is 14.8 Å². The molecule has 1 aliphatic rings. The lowest BCUT2D eigenvalue weighted by Gasteiger charge is -2.29. The number of alkyl halides is 3. The molecular weight excluding hydrogens is 558 g/mol. The average molecular weight is 582 g/mol. The predicted octanol–water partition coefficient (Wildman–Crippen LogP) is 4.96. The van der Waals surface area contributed by atoms with Gasteiger partial charge in [0, 0.05) is 13.1 Å². The van der Waals surface area contributed by atoms with Gasteiger partial charge in [-0.15, -0.1) is 0 Å². The van der Waals surface area contributed by atoms with Crippen molar-refractivity contribution in [2.24, 2.45) is 0 Å². The van der Waals surface area contributed by atoms with Crippen LogP contribution in [0, 0.1) is 12.7 Å². The number of sulfonamides is 1. The quantitative estimate of drug-likeness (QED) is 0.348. The van der Waals surface area contributed by atoms with Crippen molar-refractivity contribution in [3.8, 4) is 0 Å². The first-order valence-corrected chi connectivity index (χ1v) is 13.0. The molecular formula is C26H23F4N3O6S. The maximum atomic E-state index is 13.1. The van der Waals surface area contributed by atoms with Crippen molar-refractivity contribution in [1.29, 1.82) is 0 Å². The van der Waals surface area contributed by atoms with Gasteiger partial charge in [0.25, 0.3) is 10.0 Å². The van der Waals surface area contributed by atoms with Crippen LogP contribution in [0.5, 0.6) is 0 Å². The number of carbonyl (C=O) groups is 2. The number of aromatic carboxylic acids is 1. The highest BCUT2D eigenvalue weighted by atomic mass is 32.2. The molecule has 0 spiro atoms. The lowest BCUT2D eigenvalue weighted by Crippen LogP contribution is -2.31. The molecule has 0 bridgehead atoms. The van der Waals surface area contributed by atoms with Crippen molar-refractivity contribution in [1.82, 2.24) is 4.98 Å². The molecule has 9 nitrogen and oxygen atoms in total. The molecule has 0 saturated heterocycles. The normalized spacial score (nSPS) is 13.5. The Kier molecular flexibility index (Phi) is 9.14. The van der Waals surface area contributed by atoms with Crippen molar-refractivity contribution in [3.63, 3.8) is 0 Å². The summed E-state index contributed by atoms with van der Waals surface area (Å²) in [6.07, 6.45) is -1.02. The fraction of sp³-hybridized carbons (Fsp3) is 0.192. The van der Waals surface area contributed by atoms with Crippen LogP contribution in [0.1, 0.15) is 27.9 Å². The van der Waals surface area contributed by atoms with Crippen LogP contribution in [0.4, 0.5) is 29.1 Å². The van der Waals surface area contributed by atoms with E-state index in [-0.39, 0.29) is 22.0 Å². The number of aliphatic carboxylic acids is 1. The number of benzene rings is 2. The molecule has 2 heterocycles. The molecule has 0 fully saturated rings. The Morgan fingerprint density at radius 1 is 1.05 bits per heavy atom. The Morgan fingerprint density at radius 2 is 1.68 bits per heavy atom. The Morgan fingerprint density at radius 3 is 2.20 bits per heavy atom. The molecule has 0 unspecified atom stereocenters. The van der Waals surface area contributed by atoms with E-state index in [2.05, 4.69) is 34.8 Å². The SMILES string of the molecule is Cc1ccccc1C1=CCN(c2ncc(NS(=O)(=O)c3ccc(F)cc3)cc2C(=O)O)CC1.O=C(O)C(F)(F)F. The molecule has 212 valence electrons. The molecule has 40 heavy (non-hydrogen) atoms. The second-order valence-corrected chi connectivity index (χ2v) is 10.2. The number of anilines is 2. The molecule has 2 aromatic carbocycles. The van der Waals surface area contributed by atoms with Gasteiger partial charge in [-0.2, -0.15) is 13.2 Å². The largest absolute Gasteiger partial charge is 0.490 e. The molecule has 1 aliphatic heterocycles. The molecule has 1 aromatic heterocycles. The van der Waals surface area contributed by atoms with Gasteiger partial charge in [0.1, 0.15) is 17.2 Å². The Bertz CT molecular complexity index is 1540. The topological polar surface area (TPSA) is 137 Å². The summed E-state index contributed by atoms with van der Waals surface area (Å²) >= 11 is 0. The van der Waals surface area contributed by atoms with E-state index in [4.69, 9.17) is 9.90 Å². The first kappa shape index (κ1) is 30.1. The number of nitrogens with zero attached hydrogens (tertiary/aromatic N) is 2. The minimum Gasteiger partial charge on any atom is -0.478 e. The van der Waals surface area contributed by atoms with Gasteiger partial charge in [0.15, 0.2) is 0 Å². The van der Waals surface area contributed by atoms with Crippen molar-refractivity contribution in [3.05, 3.63) is 89.4 Å². The van der Waals surface area contributed by atoms with Crippen LogP contribution in [-0.4, -0.2) is 54.8 Å². The summed E-state index contributed by atoms with van der Waals surface area (Å²) in [5, 5.41) is 16.9. The zero-order valence-electron chi connectivity index (χ0n) is 20.8. The number of aryl methyl sites for hydroxylation is 1. The number of hydrogen-bond acceptors (Lipinski definition) is 6. The van der Waals surface area contributed by atoms with E-state index in [1.54, 1.807) is 0 Å². The van der Waals surface area contributed by atoms with E-state index in [0.717, 1.165) is 30.7 Å². The molecule has 4 rings (SSSR count). The predicted molar refractivity (Wildman–Crippen MR) is 138 cm³/mol. The standard InChI is InChI=1S/C24H22FN3O4S.C2HF3O2/c1-16-4-2-3-5-21(16)17-10-12-28(13-11-17)23-22(24(29)30)14-19(15-26-23)27-33(31,32)20-8-6-18(25)7-9-20;3-2(4,5)1(6)7/h2-10,14-15,27H,11-13H2,1H3,(H,29,30);(H,6,7). The summed E-state index contributed by atoms with van der Waals surface area (Å²) in [6.45, 7) is 3.12. The first-order valence-electron chi connectivity index (χ1n) is 11.5. The monoisotopic (exact) mass is 581 g/mol. The molecule has 0 amide bonds. The molecule has 0 radical (unpaired) electrons. The van der Waals surface area contributed by atoms with Gasteiger partial charge >= 0.3 is 18.1 Å². The summed E-state index contributed by atoms with van der Waals surface area (Å²) < 4.78 is 72.3. The van der Waals surface area contributed by atoms with Crippen LogP contribution in [0.25, 0.3) is 5.57 Å². The van der Waals surface area contributed by atoms with Crippen molar-refractivity contribution in [2.45, 2.75) is 24.4 Å². The Balaban J connectivity index is 0.000000559. The van der Waals surface area contributed by atoms with Gasteiger partial charge in [-0.05, 0) is 60.4 Å². The zero-order valence-corrected chi connectivity index (χ0v) is 21.6. The van der Waals surface area contributed by atoms with Crippen molar-refractivity contribution < 1.29 is 45.8 Å². The maximum Gasteiger partial charge on any atom is 0.490 e. The van der Waals surface area contributed by atoms with Gasteiger partial charge in [-0.3, -0.25) is 4.72 Å². The minimum absolute atomic E-state index is 0.00799. The summed E-state index contributed by atoms with van der Waals surface area (Å²) in [4.78, 5) is 26.8. The molecule has 0 saturated carbocycles. The summed E-state index contributed by atoms with van der Waals surface area (Å²) in [5.74, 6) is -4.26. The number of rotatable bonds is 6. The third-order valence-corrected chi connectivity index (χ3v) is 7.11.